The predicted molar refractivity (Wildman–Crippen MR) is 99.2 cm³/mol. The zero-order valence-corrected chi connectivity index (χ0v) is 16.1. The normalized spacial score (nSPS) is 17.5. The van der Waals surface area contributed by atoms with Crippen molar-refractivity contribution in [3.05, 3.63) is 35.9 Å². The van der Waals surface area contributed by atoms with Gasteiger partial charge in [0.15, 0.2) is 11.3 Å². The van der Waals surface area contributed by atoms with E-state index in [0.717, 1.165) is 10.9 Å². The van der Waals surface area contributed by atoms with Crippen LogP contribution < -0.4 is 15.5 Å². The van der Waals surface area contributed by atoms with E-state index in [4.69, 9.17) is 0 Å². The number of aromatic nitrogens is 5. The Kier molecular flexibility index (Phi) is 5.24. The number of rotatable bonds is 4. The van der Waals surface area contributed by atoms with Crippen LogP contribution in [0.1, 0.15) is 16.1 Å². The Morgan fingerprint density at radius 1 is 1.35 bits per heavy atom. The summed E-state index contributed by atoms with van der Waals surface area (Å²) in [4.78, 5) is 18.7. The van der Waals surface area contributed by atoms with Crippen LogP contribution >= 0.6 is 0 Å². The zero-order valence-electron chi connectivity index (χ0n) is 16.1. The van der Waals surface area contributed by atoms with Crippen LogP contribution in [0.3, 0.4) is 0 Å². The summed E-state index contributed by atoms with van der Waals surface area (Å²) in [6.07, 6.45) is -3.59. The Hall–Kier alpha value is -3.29. The lowest BCUT2D eigenvalue weighted by molar-refractivity contribution is -0.140. The third-order valence-electron chi connectivity index (χ3n) is 4.78. The number of carbonyl (C=O) groups is 1. The van der Waals surface area contributed by atoms with Gasteiger partial charge in [-0.05, 0) is 6.07 Å². The molecule has 0 radical (unpaired) electrons. The highest BCUT2D eigenvalue weighted by molar-refractivity contribution is 6.08. The van der Waals surface area contributed by atoms with Crippen molar-refractivity contribution in [1.29, 1.82) is 0 Å². The Bertz CT molecular complexity index is 1110. The van der Waals surface area contributed by atoms with Crippen LogP contribution in [-0.2, 0) is 13.2 Å². The molecular formula is C17H17F5N8O. The average molecular weight is 444 g/mol. The van der Waals surface area contributed by atoms with Crippen molar-refractivity contribution in [1.82, 2.24) is 29.7 Å². The fourth-order valence-corrected chi connectivity index (χ4v) is 3.33. The number of nitrogens with zero attached hydrogens (tertiary/aromatic N) is 6. The van der Waals surface area contributed by atoms with Gasteiger partial charge in [0.25, 0.3) is 12.3 Å². The van der Waals surface area contributed by atoms with E-state index < -0.39 is 35.9 Å². The molecule has 1 amide bonds. The minimum absolute atomic E-state index is 0.0150. The quantitative estimate of drug-likeness (QED) is 0.596. The van der Waals surface area contributed by atoms with Gasteiger partial charge in [0.1, 0.15) is 11.4 Å². The van der Waals surface area contributed by atoms with Gasteiger partial charge in [-0.1, -0.05) is 0 Å². The molecule has 1 unspecified atom stereocenters. The second kappa shape index (κ2) is 7.76. The van der Waals surface area contributed by atoms with Crippen molar-refractivity contribution in [2.45, 2.75) is 18.6 Å². The molecule has 1 atom stereocenters. The van der Waals surface area contributed by atoms with Gasteiger partial charge in [0.05, 0.1) is 17.9 Å². The van der Waals surface area contributed by atoms with Crippen LogP contribution in [0, 0.1) is 0 Å². The van der Waals surface area contributed by atoms with Gasteiger partial charge >= 0.3 is 6.18 Å². The van der Waals surface area contributed by atoms with Crippen LogP contribution in [0.2, 0.25) is 0 Å². The fraction of sp³-hybridized carbons (Fsp3) is 0.412. The second-order valence-electron chi connectivity index (χ2n) is 6.97. The van der Waals surface area contributed by atoms with Gasteiger partial charge in [-0.25, -0.2) is 18.3 Å². The first-order valence-electron chi connectivity index (χ1n) is 9.16. The summed E-state index contributed by atoms with van der Waals surface area (Å²) in [6, 6.07) is 0.545. The minimum atomic E-state index is -4.75. The molecule has 0 aromatic carbocycles. The van der Waals surface area contributed by atoms with E-state index in [2.05, 4.69) is 25.8 Å². The van der Waals surface area contributed by atoms with Crippen molar-refractivity contribution in [2.75, 3.05) is 29.9 Å². The maximum Gasteiger partial charge on any atom is 0.437 e. The molecule has 0 bridgehead atoms. The van der Waals surface area contributed by atoms with Crippen molar-refractivity contribution in [3.63, 3.8) is 0 Å². The fourth-order valence-electron chi connectivity index (χ4n) is 3.33. The van der Waals surface area contributed by atoms with Crippen LogP contribution in [-0.4, -0.2) is 62.4 Å². The van der Waals surface area contributed by atoms with E-state index in [1.807, 2.05) is 0 Å². The number of fused-ring (bicyclic) bond motifs is 1. The number of aryl methyl sites for hydroxylation is 1. The average Bonchev–Trinajstić information content (AvgIpc) is 3.30. The number of hydrogen-bond donors (Lipinski definition) is 2. The maximum atomic E-state index is 13.1. The molecule has 1 fully saturated rings. The van der Waals surface area contributed by atoms with Crippen molar-refractivity contribution < 1.29 is 26.7 Å². The Balaban J connectivity index is 1.62. The summed E-state index contributed by atoms with van der Waals surface area (Å²) in [5, 5.41) is 12.2. The number of amides is 1. The van der Waals surface area contributed by atoms with E-state index in [1.54, 1.807) is 11.0 Å². The monoisotopic (exact) mass is 444 g/mol. The highest BCUT2D eigenvalue weighted by atomic mass is 19.4. The highest BCUT2D eigenvalue weighted by Gasteiger charge is 2.38. The van der Waals surface area contributed by atoms with Gasteiger partial charge in [0, 0.05) is 39.1 Å². The van der Waals surface area contributed by atoms with E-state index in [9.17, 15) is 26.7 Å². The maximum absolute atomic E-state index is 13.1. The van der Waals surface area contributed by atoms with Gasteiger partial charge in [0.2, 0.25) is 0 Å². The third-order valence-corrected chi connectivity index (χ3v) is 4.78. The first-order valence-corrected chi connectivity index (χ1v) is 9.16. The molecule has 0 spiro atoms. The first-order chi connectivity index (χ1) is 14.6. The summed E-state index contributed by atoms with van der Waals surface area (Å²) in [5.74, 6) is -0.504. The van der Waals surface area contributed by atoms with E-state index in [0.29, 0.717) is 18.9 Å². The van der Waals surface area contributed by atoms with Gasteiger partial charge in [-0.15, -0.1) is 0 Å². The smallest absolute Gasteiger partial charge is 0.353 e. The molecule has 14 heteroatoms. The number of alkyl halides is 5. The molecule has 1 saturated heterocycles. The second-order valence-corrected chi connectivity index (χ2v) is 6.97. The molecule has 3 aromatic heterocycles. The van der Waals surface area contributed by atoms with E-state index in [1.165, 1.54) is 24.0 Å². The summed E-state index contributed by atoms with van der Waals surface area (Å²) in [7, 11) is 1.30. The molecule has 1 aliphatic rings. The van der Waals surface area contributed by atoms with Crippen molar-refractivity contribution >= 4 is 23.1 Å². The Labute approximate surface area is 171 Å². The molecular weight excluding hydrogens is 427 g/mol. The lowest BCUT2D eigenvalue weighted by atomic mass is 10.2. The zero-order chi connectivity index (χ0) is 22.3. The van der Waals surface area contributed by atoms with Gasteiger partial charge < -0.3 is 15.5 Å². The summed E-state index contributed by atoms with van der Waals surface area (Å²) in [5.41, 5.74) is -1.72. The standard InChI is InChI=1S/C17H17F5N8O/c1-28-7-10(13(27-28)17(20,21)22)25-16(31)9-6-24-30-4-2-12(26-15(9)30)29-5-3-23-11(8-29)14(18)19/h2,4,6-7,11,14,23H,3,5,8H2,1H3,(H,25,31). The highest BCUT2D eigenvalue weighted by Crippen LogP contribution is 2.33. The molecule has 0 aliphatic carbocycles. The van der Waals surface area contributed by atoms with Crippen LogP contribution in [0.25, 0.3) is 5.65 Å². The van der Waals surface area contributed by atoms with Crippen molar-refractivity contribution in [3.8, 4) is 0 Å². The number of carbonyl (C=O) groups excluding carboxylic acids is 1. The molecule has 31 heavy (non-hydrogen) atoms. The number of halogens is 5. The molecule has 4 rings (SSSR count). The number of hydrogen-bond acceptors (Lipinski definition) is 6. The van der Waals surface area contributed by atoms with Crippen molar-refractivity contribution in [2.24, 2.45) is 7.05 Å². The Morgan fingerprint density at radius 2 is 2.13 bits per heavy atom. The predicted octanol–water partition coefficient (Wildman–Crippen LogP) is 1.78. The molecule has 4 heterocycles. The molecule has 0 saturated carbocycles. The SMILES string of the molecule is Cn1cc(NC(=O)c2cnn3ccc(N4CCNC(C(F)F)C4)nc23)c(C(F)(F)F)n1. The number of piperazine rings is 1. The molecule has 166 valence electrons. The van der Waals surface area contributed by atoms with E-state index >= 15 is 0 Å². The van der Waals surface area contributed by atoms with E-state index in [-0.39, 0.29) is 17.8 Å². The third kappa shape index (κ3) is 4.15. The molecule has 9 nitrogen and oxygen atoms in total. The molecule has 1 aliphatic heterocycles. The number of anilines is 2. The lowest BCUT2D eigenvalue weighted by Crippen LogP contribution is -2.54. The summed E-state index contributed by atoms with van der Waals surface area (Å²) < 4.78 is 67.7. The summed E-state index contributed by atoms with van der Waals surface area (Å²) in [6.45, 7) is 0.767. The van der Waals surface area contributed by atoms with Crippen LogP contribution in [0.15, 0.2) is 24.7 Å². The lowest BCUT2D eigenvalue weighted by Gasteiger charge is -2.34. The Morgan fingerprint density at radius 3 is 2.84 bits per heavy atom. The molecule has 3 aromatic rings. The summed E-state index contributed by atoms with van der Waals surface area (Å²) >= 11 is 0. The largest absolute Gasteiger partial charge is 0.437 e. The van der Waals surface area contributed by atoms with Gasteiger partial charge in [-0.3, -0.25) is 9.48 Å². The minimum Gasteiger partial charge on any atom is -0.353 e. The van der Waals surface area contributed by atoms with Crippen LogP contribution in [0.4, 0.5) is 33.5 Å². The van der Waals surface area contributed by atoms with Gasteiger partial charge in [-0.2, -0.15) is 23.4 Å². The van der Waals surface area contributed by atoms with Crippen LogP contribution in [0.5, 0.6) is 0 Å². The first kappa shape index (κ1) is 21.0. The molecule has 2 N–H and O–H groups in total. The number of nitrogens with one attached hydrogen (secondary N) is 2. The topological polar surface area (TPSA) is 92.4 Å².